The monoisotopic (exact) mass is 622 g/mol. The average molecular weight is 623 g/mol. The number of carbonyl (C=O) groups is 1. The van der Waals surface area contributed by atoms with Crippen molar-refractivity contribution in [2.45, 2.75) is 26.1 Å². The summed E-state index contributed by atoms with van der Waals surface area (Å²) in [6, 6.07) is 39.7. The number of hydrogen-bond acceptors (Lipinski definition) is 6. The van der Waals surface area contributed by atoms with E-state index in [9.17, 15) is 4.79 Å². The highest BCUT2D eigenvalue weighted by Crippen LogP contribution is 2.41. The number of nitrogens with zero attached hydrogens (tertiary/aromatic N) is 2. The molecule has 0 spiro atoms. The fourth-order valence-electron chi connectivity index (χ4n) is 5.45. The zero-order chi connectivity index (χ0) is 31.5. The molecule has 226 valence electrons. The molecule has 4 aromatic carbocycles. The molecular formula is C39H30N2O4S. The maximum Gasteiger partial charge on any atom is 0.196 e. The van der Waals surface area contributed by atoms with Crippen molar-refractivity contribution in [1.82, 2.24) is 9.97 Å². The number of para-hydroxylation sites is 2. The lowest BCUT2D eigenvalue weighted by atomic mass is 9.93. The molecule has 1 unspecified atom stereocenters. The van der Waals surface area contributed by atoms with Gasteiger partial charge < -0.3 is 13.9 Å². The van der Waals surface area contributed by atoms with Crippen LogP contribution in [0.4, 0.5) is 0 Å². The average Bonchev–Trinajstić information content (AvgIpc) is 3.55. The normalized spacial score (nSPS) is 11.9. The zero-order valence-electron chi connectivity index (χ0n) is 25.1. The maximum atomic E-state index is 12.3. The molecule has 7 heteroatoms. The van der Waals surface area contributed by atoms with Crippen molar-refractivity contribution in [3.8, 4) is 33.8 Å². The highest BCUT2D eigenvalue weighted by Gasteiger charge is 2.24. The molecule has 3 aromatic heterocycles. The molecule has 7 rings (SSSR count). The number of carbonyl (C=O) groups excluding carboxylic acids is 1. The highest BCUT2D eigenvalue weighted by molar-refractivity contribution is 7.96. The minimum Gasteiger partial charge on any atom is -0.487 e. The van der Waals surface area contributed by atoms with Gasteiger partial charge in [-0.3, -0.25) is 4.79 Å². The summed E-state index contributed by atoms with van der Waals surface area (Å²) in [4.78, 5) is 21.7. The van der Waals surface area contributed by atoms with E-state index in [0.29, 0.717) is 24.7 Å². The van der Waals surface area contributed by atoms with E-state index < -0.39 is 5.92 Å². The van der Waals surface area contributed by atoms with Gasteiger partial charge in [0.15, 0.2) is 5.12 Å². The molecule has 46 heavy (non-hydrogen) atoms. The van der Waals surface area contributed by atoms with E-state index >= 15 is 0 Å². The molecule has 1 atom stereocenters. The van der Waals surface area contributed by atoms with Gasteiger partial charge >= 0.3 is 0 Å². The molecule has 0 saturated carbocycles. The number of rotatable bonds is 10. The molecule has 0 bridgehead atoms. The number of aromatic nitrogens is 2. The first-order valence-corrected chi connectivity index (χ1v) is 15.5. The smallest absolute Gasteiger partial charge is 0.196 e. The molecule has 0 aliphatic heterocycles. The minimum atomic E-state index is -0.529. The van der Waals surface area contributed by atoms with Gasteiger partial charge in [0.2, 0.25) is 0 Å². The van der Waals surface area contributed by atoms with Crippen LogP contribution < -0.4 is 9.47 Å². The zero-order valence-corrected chi connectivity index (χ0v) is 26.0. The van der Waals surface area contributed by atoms with Gasteiger partial charge in [0.05, 0.1) is 34.6 Å². The quantitative estimate of drug-likeness (QED) is 0.153. The Kier molecular flexibility index (Phi) is 8.23. The standard InChI is InChI=1S/C39H30N2O4S/c1-25(39(42)46)38-37(29-14-20-33(21-15-29)44-23-31-17-11-28-7-3-5-9-36(28)41-31)34(24-45-38)26-12-18-32(19-13-26)43-22-30-16-10-27-6-2-4-8-35(27)40-30/h2-21,24-25H,22-23H2,1H3,(H,42,46). The third-order valence-corrected chi connectivity index (χ3v) is 8.36. The van der Waals surface area contributed by atoms with Crippen LogP contribution in [0.1, 0.15) is 30.0 Å². The Balaban J connectivity index is 1.10. The molecule has 0 saturated heterocycles. The third-order valence-electron chi connectivity index (χ3n) is 7.98. The van der Waals surface area contributed by atoms with Gasteiger partial charge in [-0.1, -0.05) is 72.8 Å². The van der Waals surface area contributed by atoms with Crippen molar-refractivity contribution in [2.24, 2.45) is 0 Å². The van der Waals surface area contributed by atoms with Crippen molar-refractivity contribution in [3.63, 3.8) is 0 Å². The van der Waals surface area contributed by atoms with Crippen LogP contribution in [0, 0.1) is 0 Å². The summed E-state index contributed by atoms with van der Waals surface area (Å²) < 4.78 is 18.1. The first-order valence-electron chi connectivity index (χ1n) is 15.0. The van der Waals surface area contributed by atoms with E-state index in [-0.39, 0.29) is 5.12 Å². The van der Waals surface area contributed by atoms with Crippen molar-refractivity contribution >= 4 is 39.5 Å². The van der Waals surface area contributed by atoms with Gasteiger partial charge in [-0.2, -0.15) is 0 Å². The first-order chi connectivity index (χ1) is 22.5. The van der Waals surface area contributed by atoms with E-state index in [1.807, 2.05) is 109 Å². The van der Waals surface area contributed by atoms with Crippen LogP contribution in [0.5, 0.6) is 11.5 Å². The Morgan fingerprint density at radius 1 is 0.674 bits per heavy atom. The molecule has 0 aliphatic rings. The Hall–Kier alpha value is -5.40. The second kappa shape index (κ2) is 12.9. The Labute approximate surface area is 272 Å². The lowest BCUT2D eigenvalue weighted by Crippen LogP contribution is -2.02. The van der Waals surface area contributed by atoms with Gasteiger partial charge in [0.1, 0.15) is 30.5 Å². The summed E-state index contributed by atoms with van der Waals surface area (Å²) in [5, 5.41) is 1.92. The van der Waals surface area contributed by atoms with Gasteiger partial charge in [-0.05, 0) is 66.6 Å². The molecule has 0 N–H and O–H groups in total. The van der Waals surface area contributed by atoms with E-state index in [4.69, 9.17) is 23.9 Å². The number of pyridine rings is 2. The molecular weight excluding hydrogens is 593 g/mol. The Morgan fingerprint density at radius 3 is 1.70 bits per heavy atom. The molecule has 0 amide bonds. The van der Waals surface area contributed by atoms with Crippen molar-refractivity contribution in [3.05, 3.63) is 145 Å². The van der Waals surface area contributed by atoms with Crippen LogP contribution in [0.15, 0.2) is 132 Å². The molecule has 0 aliphatic carbocycles. The van der Waals surface area contributed by atoms with E-state index in [1.54, 1.807) is 13.2 Å². The van der Waals surface area contributed by atoms with Crippen molar-refractivity contribution in [2.75, 3.05) is 0 Å². The van der Waals surface area contributed by atoms with Crippen LogP contribution in [0.2, 0.25) is 0 Å². The van der Waals surface area contributed by atoms with E-state index in [2.05, 4.69) is 24.8 Å². The first kappa shape index (κ1) is 29.3. The summed E-state index contributed by atoms with van der Waals surface area (Å²) >= 11 is 4.10. The molecule has 7 aromatic rings. The number of furan rings is 1. The number of ether oxygens (including phenoxy) is 2. The summed E-state index contributed by atoms with van der Waals surface area (Å²) in [6.45, 7) is 2.51. The minimum absolute atomic E-state index is 0.268. The van der Waals surface area contributed by atoms with E-state index in [1.165, 1.54) is 0 Å². The molecule has 3 heterocycles. The van der Waals surface area contributed by atoms with Gasteiger partial charge in [0.25, 0.3) is 0 Å². The lowest BCUT2D eigenvalue weighted by molar-refractivity contribution is -0.112. The summed E-state index contributed by atoms with van der Waals surface area (Å²) in [5.74, 6) is 1.47. The SMILES string of the molecule is CC(C(=O)S)c1occ(-c2ccc(OCc3ccc4ccccc4n3)cc2)c1-c1ccc(OCc2ccc3ccccc3n2)cc1. The third kappa shape index (κ3) is 6.23. The molecule has 0 radical (unpaired) electrons. The van der Waals surface area contributed by atoms with Crippen LogP contribution >= 0.6 is 12.6 Å². The Morgan fingerprint density at radius 2 is 1.17 bits per heavy atom. The second-order valence-corrected chi connectivity index (χ2v) is 11.5. The number of fused-ring (bicyclic) bond motifs is 2. The number of benzene rings is 4. The maximum absolute atomic E-state index is 12.3. The second-order valence-electron chi connectivity index (χ2n) is 11.1. The topological polar surface area (TPSA) is 74.5 Å². The fraction of sp³-hybridized carbons (Fsp3) is 0.103. The summed E-state index contributed by atoms with van der Waals surface area (Å²) in [7, 11) is 0. The fourth-order valence-corrected chi connectivity index (χ4v) is 5.57. The number of hydrogen-bond donors (Lipinski definition) is 1. The number of thiol groups is 1. The van der Waals surface area contributed by atoms with Crippen molar-refractivity contribution in [1.29, 1.82) is 0 Å². The lowest BCUT2D eigenvalue weighted by Gasteiger charge is -2.12. The highest BCUT2D eigenvalue weighted by atomic mass is 32.1. The van der Waals surface area contributed by atoms with Gasteiger partial charge in [-0.15, -0.1) is 12.6 Å². The predicted octanol–water partition coefficient (Wildman–Crippen LogP) is 9.43. The summed E-state index contributed by atoms with van der Waals surface area (Å²) in [6.07, 6.45) is 1.70. The van der Waals surface area contributed by atoms with Crippen LogP contribution in [0.25, 0.3) is 44.1 Å². The van der Waals surface area contributed by atoms with Crippen molar-refractivity contribution < 1.29 is 18.7 Å². The van der Waals surface area contributed by atoms with Crippen LogP contribution in [-0.2, 0) is 18.0 Å². The van der Waals surface area contributed by atoms with Crippen LogP contribution in [0.3, 0.4) is 0 Å². The van der Waals surface area contributed by atoms with E-state index in [0.717, 1.165) is 61.2 Å². The van der Waals surface area contributed by atoms with Crippen LogP contribution in [-0.4, -0.2) is 15.1 Å². The molecule has 6 nitrogen and oxygen atoms in total. The largest absolute Gasteiger partial charge is 0.487 e. The molecule has 0 fully saturated rings. The van der Waals surface area contributed by atoms with Gasteiger partial charge in [-0.25, -0.2) is 9.97 Å². The van der Waals surface area contributed by atoms with Gasteiger partial charge in [0, 0.05) is 21.9 Å². The predicted molar refractivity (Wildman–Crippen MR) is 184 cm³/mol. The Bertz CT molecular complexity index is 2160. The summed E-state index contributed by atoms with van der Waals surface area (Å²) in [5.41, 5.74) is 7.13.